The third-order valence-corrected chi connectivity index (χ3v) is 4.50. The number of aliphatic hydroxyl groups excluding tert-OH is 2. The zero-order valence-electron chi connectivity index (χ0n) is 14.5. The minimum absolute atomic E-state index is 0.204. The summed E-state index contributed by atoms with van der Waals surface area (Å²) in [6, 6.07) is 9.74. The number of hydrogen-bond acceptors (Lipinski definition) is 5. The van der Waals surface area contributed by atoms with Gasteiger partial charge >= 0.3 is 5.97 Å². The van der Waals surface area contributed by atoms with Crippen LogP contribution in [-0.2, 0) is 14.3 Å². The Morgan fingerprint density at radius 3 is 2.73 bits per heavy atom. The first-order valence-electron chi connectivity index (χ1n) is 8.90. The van der Waals surface area contributed by atoms with Crippen LogP contribution in [0.15, 0.2) is 60.7 Å². The molecule has 138 valence electrons. The van der Waals surface area contributed by atoms with E-state index in [1.807, 2.05) is 48.6 Å². The van der Waals surface area contributed by atoms with E-state index in [9.17, 15) is 15.0 Å². The van der Waals surface area contributed by atoms with Gasteiger partial charge in [0.05, 0.1) is 12.2 Å². The van der Waals surface area contributed by atoms with Gasteiger partial charge in [-0.25, -0.2) is 4.79 Å². The van der Waals surface area contributed by atoms with Gasteiger partial charge in [0.2, 0.25) is 0 Å². The van der Waals surface area contributed by atoms with Gasteiger partial charge in [-0.15, -0.1) is 0 Å². The van der Waals surface area contributed by atoms with E-state index < -0.39 is 18.3 Å². The van der Waals surface area contributed by atoms with E-state index in [1.54, 1.807) is 12.2 Å². The predicted molar refractivity (Wildman–Crippen MR) is 98.2 cm³/mol. The van der Waals surface area contributed by atoms with E-state index in [1.165, 1.54) is 6.08 Å². The summed E-state index contributed by atoms with van der Waals surface area (Å²) < 4.78 is 11.1. The third kappa shape index (κ3) is 5.14. The molecule has 5 nitrogen and oxygen atoms in total. The Kier molecular flexibility index (Phi) is 6.39. The molecule has 2 heterocycles. The maximum atomic E-state index is 11.2. The Bertz CT molecular complexity index is 679. The predicted octanol–water partition coefficient (Wildman–Crippen LogP) is 2.40. The molecule has 0 aliphatic carbocycles. The lowest BCUT2D eigenvalue weighted by molar-refractivity contribution is -0.149. The number of esters is 1. The SMILES string of the molecule is O=C1C=CC[C@H](/C=C/C[C@H]2C[C@@H](O)[C@H](O)[C@@H](/C=C/c3ccccc3)O2)O1. The van der Waals surface area contributed by atoms with Gasteiger partial charge in [0.25, 0.3) is 0 Å². The summed E-state index contributed by atoms with van der Waals surface area (Å²) in [7, 11) is 0. The molecule has 5 heteroatoms. The number of benzene rings is 1. The lowest BCUT2D eigenvalue weighted by Gasteiger charge is -2.35. The maximum Gasteiger partial charge on any atom is 0.331 e. The van der Waals surface area contributed by atoms with Crippen LogP contribution < -0.4 is 0 Å². The second kappa shape index (κ2) is 8.94. The molecule has 1 aromatic rings. The fourth-order valence-corrected chi connectivity index (χ4v) is 3.10. The highest BCUT2D eigenvalue weighted by Crippen LogP contribution is 2.24. The highest BCUT2D eigenvalue weighted by atomic mass is 16.5. The number of hydrogen-bond donors (Lipinski definition) is 2. The summed E-state index contributed by atoms with van der Waals surface area (Å²) >= 11 is 0. The van der Waals surface area contributed by atoms with Gasteiger partial charge < -0.3 is 19.7 Å². The molecule has 1 aromatic carbocycles. The molecule has 1 fully saturated rings. The van der Waals surface area contributed by atoms with Crippen molar-refractivity contribution in [3.8, 4) is 0 Å². The van der Waals surface area contributed by atoms with E-state index in [-0.39, 0.29) is 18.2 Å². The van der Waals surface area contributed by atoms with Crippen LogP contribution in [-0.4, -0.2) is 46.7 Å². The number of carbonyl (C=O) groups is 1. The van der Waals surface area contributed by atoms with E-state index in [0.717, 1.165) is 5.56 Å². The average molecular weight is 356 g/mol. The molecule has 0 unspecified atom stereocenters. The smallest absolute Gasteiger partial charge is 0.331 e. The van der Waals surface area contributed by atoms with Crippen molar-refractivity contribution in [2.75, 3.05) is 0 Å². The summed E-state index contributed by atoms with van der Waals surface area (Å²) in [6.07, 6.45) is 9.46. The first-order valence-corrected chi connectivity index (χ1v) is 8.90. The molecule has 5 atom stereocenters. The molecule has 0 bridgehead atoms. The Morgan fingerprint density at radius 1 is 1.15 bits per heavy atom. The lowest BCUT2D eigenvalue weighted by Crippen LogP contribution is -2.47. The number of cyclic esters (lactones) is 1. The van der Waals surface area contributed by atoms with Crippen molar-refractivity contribution in [1.82, 2.24) is 0 Å². The van der Waals surface area contributed by atoms with Crippen molar-refractivity contribution in [3.63, 3.8) is 0 Å². The van der Waals surface area contributed by atoms with Crippen LogP contribution >= 0.6 is 0 Å². The molecule has 1 saturated heterocycles. The van der Waals surface area contributed by atoms with Crippen LogP contribution in [0.3, 0.4) is 0 Å². The second-order valence-corrected chi connectivity index (χ2v) is 6.56. The van der Waals surface area contributed by atoms with Crippen LogP contribution in [0.25, 0.3) is 6.08 Å². The van der Waals surface area contributed by atoms with E-state index in [2.05, 4.69) is 0 Å². The van der Waals surface area contributed by atoms with Gasteiger partial charge in [-0.2, -0.15) is 0 Å². The molecule has 0 spiro atoms. The summed E-state index contributed by atoms with van der Waals surface area (Å²) in [5.41, 5.74) is 1.01. The molecule has 2 N–H and O–H groups in total. The summed E-state index contributed by atoms with van der Waals surface area (Å²) in [5, 5.41) is 20.3. The summed E-state index contributed by atoms with van der Waals surface area (Å²) in [4.78, 5) is 11.2. The highest BCUT2D eigenvalue weighted by Gasteiger charge is 2.34. The van der Waals surface area contributed by atoms with Crippen molar-refractivity contribution >= 4 is 12.0 Å². The average Bonchev–Trinajstić information content (AvgIpc) is 2.64. The summed E-state index contributed by atoms with van der Waals surface area (Å²) in [5.74, 6) is -0.329. The first-order chi connectivity index (χ1) is 12.6. The fraction of sp³-hybridized carbons (Fsp3) is 0.381. The lowest BCUT2D eigenvalue weighted by atomic mass is 9.95. The second-order valence-electron chi connectivity index (χ2n) is 6.56. The van der Waals surface area contributed by atoms with Crippen LogP contribution in [0, 0.1) is 0 Å². The number of rotatable bonds is 5. The normalized spacial score (nSPS) is 32.2. The molecule has 0 aromatic heterocycles. The molecule has 0 radical (unpaired) electrons. The van der Waals surface area contributed by atoms with Crippen molar-refractivity contribution in [2.24, 2.45) is 0 Å². The fourth-order valence-electron chi connectivity index (χ4n) is 3.10. The van der Waals surface area contributed by atoms with Crippen LogP contribution in [0.2, 0.25) is 0 Å². The Hall–Kier alpha value is -2.21. The van der Waals surface area contributed by atoms with Crippen molar-refractivity contribution < 1.29 is 24.5 Å². The monoisotopic (exact) mass is 356 g/mol. The molecule has 2 aliphatic heterocycles. The van der Waals surface area contributed by atoms with Crippen molar-refractivity contribution in [2.45, 2.75) is 49.8 Å². The van der Waals surface area contributed by atoms with Gasteiger partial charge in [0.1, 0.15) is 18.3 Å². The van der Waals surface area contributed by atoms with Crippen molar-refractivity contribution in [1.29, 1.82) is 0 Å². The van der Waals surface area contributed by atoms with E-state index in [4.69, 9.17) is 9.47 Å². The zero-order chi connectivity index (χ0) is 18.4. The topological polar surface area (TPSA) is 76.0 Å². The molecule has 26 heavy (non-hydrogen) atoms. The molecular formula is C21H24O5. The Morgan fingerprint density at radius 2 is 1.96 bits per heavy atom. The van der Waals surface area contributed by atoms with Crippen LogP contribution in [0.5, 0.6) is 0 Å². The summed E-state index contributed by atoms with van der Waals surface area (Å²) in [6.45, 7) is 0. The number of ether oxygens (including phenoxy) is 2. The van der Waals surface area contributed by atoms with E-state index >= 15 is 0 Å². The minimum Gasteiger partial charge on any atom is -0.455 e. The molecule has 0 amide bonds. The largest absolute Gasteiger partial charge is 0.455 e. The maximum absolute atomic E-state index is 11.2. The number of aliphatic hydroxyl groups is 2. The molecule has 2 aliphatic rings. The quantitative estimate of drug-likeness (QED) is 0.626. The van der Waals surface area contributed by atoms with Crippen molar-refractivity contribution in [3.05, 3.63) is 66.3 Å². The molecular weight excluding hydrogens is 332 g/mol. The Labute approximate surface area is 153 Å². The third-order valence-electron chi connectivity index (χ3n) is 4.50. The zero-order valence-corrected chi connectivity index (χ0v) is 14.5. The van der Waals surface area contributed by atoms with Crippen LogP contribution in [0.4, 0.5) is 0 Å². The Balaban J connectivity index is 1.56. The first kappa shape index (κ1) is 18.6. The van der Waals surface area contributed by atoms with Gasteiger partial charge in [0.15, 0.2) is 0 Å². The van der Waals surface area contributed by atoms with Crippen LogP contribution in [0.1, 0.15) is 24.8 Å². The standard InChI is InChI=1S/C21H24O5/c22-18-14-17(10-4-8-16-9-5-11-20(23)26-16)25-19(21(18)24)13-12-15-6-2-1-3-7-15/h1-8,11-13,16-19,21-22,24H,9-10,14H2/b8-4+,13-12+/t16-,17-,18+,19+,21-/m0/s1. The van der Waals surface area contributed by atoms with Gasteiger partial charge in [-0.05, 0) is 18.1 Å². The van der Waals surface area contributed by atoms with Gasteiger partial charge in [-0.3, -0.25) is 0 Å². The molecule has 0 saturated carbocycles. The highest BCUT2D eigenvalue weighted by molar-refractivity contribution is 5.82. The van der Waals surface area contributed by atoms with E-state index in [0.29, 0.717) is 19.3 Å². The minimum atomic E-state index is -0.945. The van der Waals surface area contributed by atoms with Gasteiger partial charge in [-0.1, -0.05) is 54.6 Å². The van der Waals surface area contributed by atoms with Gasteiger partial charge in [0, 0.05) is 18.9 Å². The number of carbonyl (C=O) groups excluding carboxylic acids is 1. The molecule has 3 rings (SSSR count).